The number of nitrogens with zero attached hydrogens (tertiary/aromatic N) is 2. The Morgan fingerprint density at radius 1 is 0.944 bits per heavy atom. The normalized spacial score (nSPS) is 11.6. The third kappa shape index (κ3) is 4.10. The molecule has 0 bridgehead atoms. The second-order valence-corrected chi connectivity index (χ2v) is 4.08. The number of halogens is 3. The van der Waals surface area contributed by atoms with E-state index < -0.39 is 24.4 Å². The summed E-state index contributed by atoms with van der Waals surface area (Å²) < 4.78 is 36.5. The van der Waals surface area contributed by atoms with Gasteiger partial charge in [-0.05, 0) is 12.0 Å². The van der Waals surface area contributed by atoms with Gasteiger partial charge in [0.1, 0.15) is 5.41 Å². The van der Waals surface area contributed by atoms with Gasteiger partial charge in [-0.15, -0.1) is 0 Å². The van der Waals surface area contributed by atoms with E-state index in [-0.39, 0.29) is 6.42 Å². The van der Waals surface area contributed by atoms with E-state index in [0.717, 1.165) is 0 Å². The summed E-state index contributed by atoms with van der Waals surface area (Å²) in [5.41, 5.74) is -0.931. The van der Waals surface area contributed by atoms with Crippen molar-refractivity contribution in [2.75, 3.05) is 0 Å². The highest BCUT2D eigenvalue weighted by molar-refractivity contribution is 5.24. The van der Waals surface area contributed by atoms with Crippen molar-refractivity contribution in [1.29, 1.82) is 10.5 Å². The molecule has 0 N–H and O–H groups in total. The van der Waals surface area contributed by atoms with Gasteiger partial charge in [-0.25, -0.2) is 0 Å². The van der Waals surface area contributed by atoms with Crippen molar-refractivity contribution in [2.45, 2.75) is 25.4 Å². The van der Waals surface area contributed by atoms with Gasteiger partial charge >= 0.3 is 6.18 Å². The van der Waals surface area contributed by atoms with E-state index in [1.165, 1.54) is 0 Å². The second kappa shape index (κ2) is 5.55. The molecule has 0 atom stereocenters. The predicted octanol–water partition coefficient (Wildman–Crippen LogP) is 3.61. The van der Waals surface area contributed by atoms with Crippen molar-refractivity contribution in [2.24, 2.45) is 5.41 Å². The first-order chi connectivity index (χ1) is 8.41. The molecule has 0 aliphatic rings. The van der Waals surface area contributed by atoms with Crippen molar-refractivity contribution in [3.8, 4) is 12.1 Å². The minimum atomic E-state index is -4.35. The van der Waals surface area contributed by atoms with Crippen LogP contribution in [0.15, 0.2) is 30.3 Å². The van der Waals surface area contributed by atoms with Crippen LogP contribution in [0.4, 0.5) is 13.2 Å². The second-order valence-electron chi connectivity index (χ2n) is 4.08. The van der Waals surface area contributed by atoms with Crippen molar-refractivity contribution < 1.29 is 13.2 Å². The van der Waals surface area contributed by atoms with Crippen molar-refractivity contribution >= 4 is 0 Å². The smallest absolute Gasteiger partial charge is 0.197 e. The lowest BCUT2D eigenvalue weighted by Crippen LogP contribution is -2.23. The van der Waals surface area contributed by atoms with E-state index >= 15 is 0 Å². The van der Waals surface area contributed by atoms with E-state index in [4.69, 9.17) is 10.5 Å². The highest BCUT2D eigenvalue weighted by atomic mass is 19.4. The molecular formula is C13H11F3N2. The summed E-state index contributed by atoms with van der Waals surface area (Å²) in [4.78, 5) is 0. The molecule has 0 radical (unpaired) electrons. The number of benzene rings is 1. The lowest BCUT2D eigenvalue weighted by Gasteiger charge is -2.19. The van der Waals surface area contributed by atoms with Crippen molar-refractivity contribution in [3.63, 3.8) is 0 Å². The van der Waals surface area contributed by atoms with Gasteiger partial charge in [0, 0.05) is 12.8 Å². The third-order valence-electron chi connectivity index (χ3n) is 2.61. The molecule has 0 aromatic heterocycles. The fraction of sp³-hybridized carbons (Fsp3) is 0.385. The van der Waals surface area contributed by atoms with Crippen molar-refractivity contribution in [1.82, 2.24) is 0 Å². The molecule has 0 fully saturated rings. The number of rotatable bonds is 4. The molecule has 1 rings (SSSR count). The summed E-state index contributed by atoms with van der Waals surface area (Å²) in [6, 6.07) is 12.0. The topological polar surface area (TPSA) is 47.6 Å². The number of hydrogen-bond acceptors (Lipinski definition) is 2. The molecule has 18 heavy (non-hydrogen) atoms. The van der Waals surface area contributed by atoms with Gasteiger partial charge in [0.15, 0.2) is 0 Å². The molecule has 1 aromatic carbocycles. The third-order valence-corrected chi connectivity index (χ3v) is 2.61. The minimum Gasteiger partial charge on any atom is -0.197 e. The quantitative estimate of drug-likeness (QED) is 0.821. The van der Waals surface area contributed by atoms with Crippen LogP contribution < -0.4 is 0 Å². The molecule has 5 heteroatoms. The molecule has 0 aliphatic heterocycles. The van der Waals surface area contributed by atoms with Crippen LogP contribution in [0.1, 0.15) is 18.4 Å². The molecule has 0 aliphatic carbocycles. The van der Waals surface area contributed by atoms with Gasteiger partial charge in [-0.2, -0.15) is 23.7 Å². The Balaban J connectivity index is 2.83. The maximum absolute atomic E-state index is 12.2. The summed E-state index contributed by atoms with van der Waals surface area (Å²) in [5, 5.41) is 18.0. The average Bonchev–Trinajstić information content (AvgIpc) is 2.35. The number of nitriles is 2. The highest BCUT2D eigenvalue weighted by Crippen LogP contribution is 2.32. The van der Waals surface area contributed by atoms with E-state index in [2.05, 4.69) is 0 Å². The lowest BCUT2D eigenvalue weighted by molar-refractivity contribution is -0.138. The monoisotopic (exact) mass is 252 g/mol. The molecule has 0 heterocycles. The average molecular weight is 252 g/mol. The molecule has 1 aromatic rings. The SMILES string of the molecule is N#CC(C#N)(CCC(F)(F)F)Cc1ccccc1. The predicted molar refractivity (Wildman–Crippen MR) is 59.1 cm³/mol. The molecule has 0 unspecified atom stereocenters. The standard InChI is InChI=1S/C13H11F3N2/c14-13(15,16)7-6-12(9-17,10-18)8-11-4-2-1-3-5-11/h1-5H,6-8H2. The summed E-state index contributed by atoms with van der Waals surface area (Å²) in [7, 11) is 0. The number of alkyl halides is 3. The number of hydrogen-bond donors (Lipinski definition) is 0. The largest absolute Gasteiger partial charge is 0.389 e. The van der Waals surface area contributed by atoms with Crippen LogP contribution in [0.3, 0.4) is 0 Å². The lowest BCUT2D eigenvalue weighted by atomic mass is 9.80. The van der Waals surface area contributed by atoms with Crippen LogP contribution in [0, 0.1) is 28.1 Å². The maximum atomic E-state index is 12.2. The molecule has 0 amide bonds. The molecule has 2 nitrogen and oxygen atoms in total. The molecule has 0 spiro atoms. The van der Waals surface area contributed by atoms with Gasteiger partial charge in [0.25, 0.3) is 0 Å². The fourth-order valence-corrected chi connectivity index (χ4v) is 1.60. The van der Waals surface area contributed by atoms with Crippen LogP contribution >= 0.6 is 0 Å². The van der Waals surface area contributed by atoms with Crippen LogP contribution in [-0.4, -0.2) is 6.18 Å². The fourth-order valence-electron chi connectivity index (χ4n) is 1.60. The summed E-state index contributed by atoms with van der Waals surface area (Å²) in [5.74, 6) is 0. The first kappa shape index (κ1) is 14.1. The van der Waals surface area contributed by atoms with Crippen molar-refractivity contribution in [3.05, 3.63) is 35.9 Å². The Hall–Kier alpha value is -2.01. The Kier molecular flexibility index (Phi) is 4.33. The van der Waals surface area contributed by atoms with E-state index in [9.17, 15) is 13.2 Å². The van der Waals surface area contributed by atoms with E-state index in [0.29, 0.717) is 5.56 Å². The highest BCUT2D eigenvalue weighted by Gasteiger charge is 2.37. The maximum Gasteiger partial charge on any atom is 0.389 e. The summed E-state index contributed by atoms with van der Waals surface area (Å²) >= 11 is 0. The Morgan fingerprint density at radius 2 is 1.50 bits per heavy atom. The molecule has 94 valence electrons. The van der Waals surface area contributed by atoms with Gasteiger partial charge in [-0.1, -0.05) is 30.3 Å². The van der Waals surface area contributed by atoms with Crippen LogP contribution in [0.5, 0.6) is 0 Å². The zero-order valence-electron chi connectivity index (χ0n) is 9.54. The Morgan fingerprint density at radius 3 is 1.94 bits per heavy atom. The molecular weight excluding hydrogens is 241 g/mol. The Bertz CT molecular complexity index is 452. The van der Waals surface area contributed by atoms with Gasteiger partial charge in [0.05, 0.1) is 12.1 Å². The van der Waals surface area contributed by atoms with Crippen LogP contribution in [-0.2, 0) is 6.42 Å². The van der Waals surface area contributed by atoms with Gasteiger partial charge in [-0.3, -0.25) is 0 Å². The first-order valence-corrected chi connectivity index (χ1v) is 5.34. The minimum absolute atomic E-state index is 0.0108. The molecule has 0 saturated carbocycles. The van der Waals surface area contributed by atoms with Gasteiger partial charge < -0.3 is 0 Å². The van der Waals surface area contributed by atoms with E-state index in [1.807, 2.05) is 0 Å². The van der Waals surface area contributed by atoms with Gasteiger partial charge in [0.2, 0.25) is 0 Å². The van der Waals surface area contributed by atoms with Crippen LogP contribution in [0.2, 0.25) is 0 Å². The Labute approximate surface area is 103 Å². The summed E-state index contributed by atoms with van der Waals surface area (Å²) in [6.45, 7) is 0. The van der Waals surface area contributed by atoms with E-state index in [1.54, 1.807) is 42.5 Å². The summed E-state index contributed by atoms with van der Waals surface area (Å²) in [6.07, 6.45) is -5.97. The zero-order valence-corrected chi connectivity index (χ0v) is 9.54. The molecule has 0 saturated heterocycles. The van der Waals surface area contributed by atoms with Crippen LogP contribution in [0.25, 0.3) is 0 Å². The zero-order chi connectivity index (χ0) is 13.6. The first-order valence-electron chi connectivity index (χ1n) is 5.34.